The summed E-state index contributed by atoms with van der Waals surface area (Å²) in [5.74, 6) is -3.78. The van der Waals surface area contributed by atoms with Gasteiger partial charge in [0.2, 0.25) is 17.7 Å². The van der Waals surface area contributed by atoms with Gasteiger partial charge >= 0.3 is 5.97 Å². The number of benzene rings is 1. The fourth-order valence-electron chi connectivity index (χ4n) is 3.61. The number of carbonyl (C=O) groups is 5. The highest BCUT2D eigenvalue weighted by Crippen LogP contribution is 2.31. The van der Waals surface area contributed by atoms with Gasteiger partial charge in [-0.15, -0.1) is 0 Å². The number of esters is 1. The summed E-state index contributed by atoms with van der Waals surface area (Å²) in [6.45, 7) is 2.73. The van der Waals surface area contributed by atoms with Gasteiger partial charge in [-0.25, -0.2) is 4.79 Å². The normalized spacial score (nSPS) is 15.6. The molecule has 3 amide bonds. The van der Waals surface area contributed by atoms with E-state index < -0.39 is 29.5 Å². The van der Waals surface area contributed by atoms with Crippen LogP contribution in [0.1, 0.15) is 50.2 Å². The third-order valence-corrected chi connectivity index (χ3v) is 5.02. The lowest BCUT2D eigenvalue weighted by atomic mass is 10.1. The number of rotatable bonds is 6. The van der Waals surface area contributed by atoms with E-state index in [4.69, 9.17) is 14.9 Å². The summed E-state index contributed by atoms with van der Waals surface area (Å²) in [5.41, 5.74) is 5.68. The van der Waals surface area contributed by atoms with Crippen molar-refractivity contribution in [2.24, 2.45) is 11.7 Å². The number of hydrogen-bond acceptors (Lipinski definition) is 7. The highest BCUT2D eigenvalue weighted by Gasteiger charge is 2.38. The van der Waals surface area contributed by atoms with Gasteiger partial charge in [-0.05, 0) is 26.0 Å². The lowest BCUT2D eigenvalue weighted by Crippen LogP contribution is -2.29. The van der Waals surface area contributed by atoms with Gasteiger partial charge in [0, 0.05) is 13.0 Å². The van der Waals surface area contributed by atoms with Crippen LogP contribution < -0.4 is 16.0 Å². The third-order valence-electron chi connectivity index (χ3n) is 5.02. The number of Topliss-reactive ketones (excluding diaryl/α,β-unsaturated/α-hetero) is 1. The molecule has 0 bridgehead atoms. The first kappa shape index (κ1) is 21.8. The number of para-hydroxylation sites is 1. The summed E-state index contributed by atoms with van der Waals surface area (Å²) >= 11 is 0. The van der Waals surface area contributed by atoms with Crippen LogP contribution >= 0.6 is 0 Å². The van der Waals surface area contributed by atoms with E-state index in [1.54, 1.807) is 18.2 Å². The van der Waals surface area contributed by atoms with Gasteiger partial charge in [0.05, 0.1) is 29.8 Å². The first-order valence-electron chi connectivity index (χ1n) is 9.38. The molecule has 1 aromatic carbocycles. The molecule has 0 saturated carbocycles. The number of nitrogens with zero attached hydrogens (tertiary/aromatic N) is 1. The van der Waals surface area contributed by atoms with Crippen molar-refractivity contribution in [3.8, 4) is 0 Å². The molecule has 3 N–H and O–H groups in total. The predicted molar refractivity (Wildman–Crippen MR) is 109 cm³/mol. The smallest absolute Gasteiger partial charge is 0.339 e. The molecule has 3 rings (SSSR count). The average Bonchev–Trinajstić information content (AvgIpc) is 3.27. The number of ketones is 1. The molecule has 1 aliphatic heterocycles. The number of furan rings is 1. The van der Waals surface area contributed by atoms with Crippen LogP contribution in [0.4, 0.5) is 11.6 Å². The Hall–Kier alpha value is -3.95. The number of methoxy groups -OCH3 is 1. The van der Waals surface area contributed by atoms with Crippen molar-refractivity contribution in [1.29, 1.82) is 0 Å². The Labute approximate surface area is 177 Å². The molecule has 1 saturated heterocycles. The number of aryl methyl sites for hydroxylation is 1. The van der Waals surface area contributed by atoms with E-state index in [0.717, 1.165) is 0 Å². The largest absolute Gasteiger partial charge is 0.465 e. The van der Waals surface area contributed by atoms with Crippen LogP contribution in [-0.2, 0) is 14.3 Å². The number of carbonyl (C=O) groups excluding carboxylic acids is 5. The fraction of sp³-hybridized carbons (Fsp3) is 0.286. The van der Waals surface area contributed by atoms with Crippen LogP contribution in [0, 0.1) is 12.8 Å². The zero-order valence-corrected chi connectivity index (χ0v) is 17.2. The van der Waals surface area contributed by atoms with Crippen LogP contribution in [0.15, 0.2) is 28.7 Å². The van der Waals surface area contributed by atoms with Gasteiger partial charge in [-0.1, -0.05) is 12.1 Å². The Balaban J connectivity index is 1.85. The van der Waals surface area contributed by atoms with Gasteiger partial charge in [-0.3, -0.25) is 24.5 Å². The predicted octanol–water partition coefficient (Wildman–Crippen LogP) is 1.67. The van der Waals surface area contributed by atoms with E-state index >= 15 is 0 Å². The van der Waals surface area contributed by atoms with Gasteiger partial charge in [0.1, 0.15) is 11.3 Å². The monoisotopic (exact) mass is 427 g/mol. The quantitative estimate of drug-likeness (QED) is 0.526. The first-order valence-corrected chi connectivity index (χ1v) is 9.38. The molecule has 1 atom stereocenters. The topological polar surface area (TPSA) is 149 Å². The zero-order valence-electron chi connectivity index (χ0n) is 17.2. The standard InChI is InChI=1S/C21H21N3O7/c1-10(25)16-11(2)31-20(17(16)18(22)27)23-19(28)12-8-15(26)24(9-12)14-7-5-4-6-13(14)21(29)30-3/h4-7,12H,8-9H2,1-3H3,(H2,22,27)(H,23,28). The number of amides is 3. The molecule has 2 aromatic rings. The summed E-state index contributed by atoms with van der Waals surface area (Å²) < 4.78 is 10.1. The zero-order chi connectivity index (χ0) is 22.9. The minimum absolute atomic E-state index is 0.000991. The highest BCUT2D eigenvalue weighted by molar-refractivity contribution is 6.13. The maximum atomic E-state index is 12.8. The van der Waals surface area contributed by atoms with Crippen molar-refractivity contribution in [1.82, 2.24) is 0 Å². The molecule has 1 aromatic heterocycles. The Morgan fingerprint density at radius 2 is 1.87 bits per heavy atom. The van der Waals surface area contributed by atoms with Gasteiger partial charge in [0.15, 0.2) is 5.78 Å². The number of nitrogens with two attached hydrogens (primary N) is 1. The lowest BCUT2D eigenvalue weighted by molar-refractivity contribution is -0.122. The van der Waals surface area contributed by atoms with E-state index in [-0.39, 0.29) is 47.2 Å². The van der Waals surface area contributed by atoms with Crippen molar-refractivity contribution in [2.75, 3.05) is 23.9 Å². The first-order chi connectivity index (χ1) is 14.6. The molecule has 0 radical (unpaired) electrons. The second kappa shape index (κ2) is 8.42. The molecule has 1 fully saturated rings. The molecular formula is C21H21N3O7. The molecule has 1 unspecified atom stereocenters. The van der Waals surface area contributed by atoms with E-state index in [1.807, 2.05) is 0 Å². The molecule has 10 heteroatoms. The SMILES string of the molecule is COC(=O)c1ccccc1N1CC(C(=O)Nc2oc(C)c(C(C)=O)c2C(N)=O)CC1=O. The van der Waals surface area contributed by atoms with Crippen molar-refractivity contribution < 1.29 is 33.1 Å². The summed E-state index contributed by atoms with van der Waals surface area (Å²) in [6.07, 6.45) is -0.119. The molecular weight excluding hydrogens is 406 g/mol. The Morgan fingerprint density at radius 1 is 1.19 bits per heavy atom. The number of nitrogens with one attached hydrogen (secondary N) is 1. The van der Waals surface area contributed by atoms with Crippen molar-refractivity contribution in [3.05, 3.63) is 46.7 Å². The molecule has 162 valence electrons. The summed E-state index contributed by atoms with van der Waals surface area (Å²) in [4.78, 5) is 62.4. The third kappa shape index (κ3) is 4.04. The van der Waals surface area contributed by atoms with Crippen LogP contribution in [0.25, 0.3) is 0 Å². The summed E-state index contributed by atoms with van der Waals surface area (Å²) in [6, 6.07) is 6.41. The summed E-state index contributed by atoms with van der Waals surface area (Å²) in [5, 5.41) is 2.46. The number of anilines is 2. The minimum atomic E-state index is -0.923. The number of ether oxygens (including phenoxy) is 1. The van der Waals surface area contributed by atoms with Gasteiger partial charge in [0.25, 0.3) is 5.91 Å². The van der Waals surface area contributed by atoms with E-state index in [2.05, 4.69) is 5.32 Å². The van der Waals surface area contributed by atoms with E-state index in [0.29, 0.717) is 5.69 Å². The van der Waals surface area contributed by atoms with Crippen molar-refractivity contribution >= 4 is 41.0 Å². The average molecular weight is 427 g/mol. The molecule has 10 nitrogen and oxygen atoms in total. The Kier molecular flexibility index (Phi) is 5.91. The van der Waals surface area contributed by atoms with E-state index in [9.17, 15) is 24.0 Å². The molecule has 31 heavy (non-hydrogen) atoms. The summed E-state index contributed by atoms with van der Waals surface area (Å²) in [7, 11) is 1.23. The lowest BCUT2D eigenvalue weighted by Gasteiger charge is -2.19. The molecule has 1 aliphatic rings. The molecule has 0 spiro atoms. The van der Waals surface area contributed by atoms with Gasteiger partial charge < -0.3 is 19.8 Å². The maximum Gasteiger partial charge on any atom is 0.339 e. The Morgan fingerprint density at radius 3 is 2.48 bits per heavy atom. The van der Waals surface area contributed by atoms with Crippen LogP contribution in [0.2, 0.25) is 0 Å². The molecule has 2 heterocycles. The van der Waals surface area contributed by atoms with Crippen molar-refractivity contribution in [2.45, 2.75) is 20.3 Å². The Bertz CT molecular complexity index is 1100. The van der Waals surface area contributed by atoms with Crippen LogP contribution in [0.5, 0.6) is 0 Å². The maximum absolute atomic E-state index is 12.8. The second-order valence-corrected chi connectivity index (χ2v) is 7.06. The second-order valence-electron chi connectivity index (χ2n) is 7.06. The van der Waals surface area contributed by atoms with Crippen molar-refractivity contribution in [3.63, 3.8) is 0 Å². The van der Waals surface area contributed by atoms with Crippen LogP contribution in [-0.4, -0.2) is 43.1 Å². The van der Waals surface area contributed by atoms with Gasteiger partial charge in [-0.2, -0.15) is 0 Å². The number of hydrogen-bond donors (Lipinski definition) is 2. The molecule has 0 aliphatic carbocycles. The fourth-order valence-corrected chi connectivity index (χ4v) is 3.61. The minimum Gasteiger partial charge on any atom is -0.465 e. The highest BCUT2D eigenvalue weighted by atomic mass is 16.5. The van der Waals surface area contributed by atoms with E-state index in [1.165, 1.54) is 31.9 Å². The number of primary amides is 1. The van der Waals surface area contributed by atoms with Crippen LogP contribution in [0.3, 0.4) is 0 Å².